The number of hydrazine groups is 1. The lowest BCUT2D eigenvalue weighted by atomic mass is 10.0. The molecule has 0 bridgehead atoms. The zero-order valence-corrected chi connectivity index (χ0v) is 32.1. The first kappa shape index (κ1) is 42.5. The smallest absolute Gasteiger partial charge is 0.475 e. The fourth-order valence-corrected chi connectivity index (χ4v) is 6.33. The lowest BCUT2D eigenvalue weighted by molar-refractivity contribution is -0.192. The van der Waals surface area contributed by atoms with Crippen molar-refractivity contribution in [3.63, 3.8) is 0 Å². The van der Waals surface area contributed by atoms with Gasteiger partial charge in [-0.2, -0.15) is 13.2 Å². The number of amides is 2. The number of carbonyl (C=O) groups is 3. The van der Waals surface area contributed by atoms with Crippen LogP contribution in [-0.4, -0.2) is 60.3 Å². The molecule has 1 heterocycles. The van der Waals surface area contributed by atoms with Crippen LogP contribution in [0.3, 0.4) is 0 Å². The second-order valence-corrected chi connectivity index (χ2v) is 13.7. The fraction of sp³-hybridized carbons (Fsp3) is 0.214. The van der Waals surface area contributed by atoms with E-state index in [-0.39, 0.29) is 31.2 Å². The van der Waals surface area contributed by atoms with E-state index in [1.165, 1.54) is 5.69 Å². The summed E-state index contributed by atoms with van der Waals surface area (Å²) in [6.45, 7) is 3.61. The van der Waals surface area contributed by atoms with Crippen LogP contribution in [0.1, 0.15) is 24.0 Å². The Morgan fingerprint density at radius 3 is 2.12 bits per heavy atom. The molecule has 5 aromatic rings. The third-order valence-electron chi connectivity index (χ3n) is 8.85. The number of carboxylic acids is 1. The van der Waals surface area contributed by atoms with Gasteiger partial charge in [-0.25, -0.2) is 9.80 Å². The van der Waals surface area contributed by atoms with Crippen LogP contribution < -0.4 is 25.7 Å². The average Bonchev–Trinajstić information content (AvgIpc) is 3.21. The Morgan fingerprint density at radius 2 is 1.46 bits per heavy atom. The van der Waals surface area contributed by atoms with Crippen molar-refractivity contribution in [3.05, 3.63) is 142 Å². The SMILES string of the molecule is NCc1cccc(Oc2ccccc2N(Cc2ccc(-c3cc(Cl)ccc3Cl)cc2)C(=O)CCC(=O)NN2CCN(c3ccccc3)CC2)c1.O=C(O)C(F)(F)F. The van der Waals surface area contributed by atoms with E-state index in [2.05, 4.69) is 22.5 Å². The van der Waals surface area contributed by atoms with E-state index in [9.17, 15) is 22.8 Å². The molecule has 6 rings (SSSR count). The van der Waals surface area contributed by atoms with Gasteiger partial charge in [0.25, 0.3) is 0 Å². The maximum atomic E-state index is 14.0. The molecule has 0 saturated carbocycles. The summed E-state index contributed by atoms with van der Waals surface area (Å²) in [4.78, 5) is 40.0. The minimum absolute atomic E-state index is 0.0169. The lowest BCUT2D eigenvalue weighted by Crippen LogP contribution is -2.53. The number of carbonyl (C=O) groups excluding carboxylic acids is 2. The van der Waals surface area contributed by atoms with Crippen molar-refractivity contribution in [2.45, 2.75) is 32.1 Å². The summed E-state index contributed by atoms with van der Waals surface area (Å²) in [6.07, 6.45) is -5.02. The molecule has 0 unspecified atom stereocenters. The summed E-state index contributed by atoms with van der Waals surface area (Å²) in [5, 5.41) is 10.2. The fourth-order valence-electron chi connectivity index (χ4n) is 5.93. The molecule has 0 radical (unpaired) electrons. The van der Waals surface area contributed by atoms with Gasteiger partial charge in [0, 0.05) is 66.9 Å². The molecule has 0 spiro atoms. The Morgan fingerprint density at radius 1 is 0.789 bits per heavy atom. The van der Waals surface area contributed by atoms with E-state index in [1.54, 1.807) is 17.0 Å². The molecule has 0 aliphatic carbocycles. The molecule has 4 N–H and O–H groups in total. The summed E-state index contributed by atoms with van der Waals surface area (Å²) < 4.78 is 38.1. The number of nitrogens with one attached hydrogen (secondary N) is 1. The molecule has 10 nitrogen and oxygen atoms in total. The Balaban J connectivity index is 0.000000811. The van der Waals surface area contributed by atoms with E-state index in [4.69, 9.17) is 43.6 Å². The number of anilines is 2. The maximum Gasteiger partial charge on any atom is 0.490 e. The van der Waals surface area contributed by atoms with E-state index in [0.717, 1.165) is 35.3 Å². The minimum Gasteiger partial charge on any atom is -0.475 e. The van der Waals surface area contributed by atoms with E-state index in [1.807, 2.05) is 102 Å². The molecule has 5 aromatic carbocycles. The summed E-state index contributed by atoms with van der Waals surface area (Å²) >= 11 is 12.7. The van der Waals surface area contributed by atoms with E-state index < -0.39 is 12.1 Å². The number of aliphatic carboxylic acids is 1. The van der Waals surface area contributed by atoms with Gasteiger partial charge in [-0.05, 0) is 71.3 Å². The predicted molar refractivity (Wildman–Crippen MR) is 215 cm³/mol. The normalized spacial score (nSPS) is 12.9. The largest absolute Gasteiger partial charge is 0.490 e. The number of halogens is 5. The molecular weight excluding hydrogens is 782 g/mol. The minimum atomic E-state index is -5.08. The number of nitrogens with zero attached hydrogens (tertiary/aromatic N) is 3. The Labute approximate surface area is 338 Å². The Kier molecular flexibility index (Phi) is 14.9. The molecular formula is C42H40Cl2F3N5O5. The van der Waals surface area contributed by atoms with E-state index in [0.29, 0.717) is 46.9 Å². The highest BCUT2D eigenvalue weighted by Gasteiger charge is 2.38. The van der Waals surface area contributed by atoms with Crippen LogP contribution in [0.5, 0.6) is 11.5 Å². The predicted octanol–water partition coefficient (Wildman–Crippen LogP) is 8.71. The molecule has 57 heavy (non-hydrogen) atoms. The van der Waals surface area contributed by atoms with Crippen molar-refractivity contribution in [1.29, 1.82) is 0 Å². The van der Waals surface area contributed by atoms with Crippen molar-refractivity contribution in [1.82, 2.24) is 10.4 Å². The first-order valence-corrected chi connectivity index (χ1v) is 18.6. The van der Waals surface area contributed by atoms with Crippen molar-refractivity contribution in [3.8, 4) is 22.6 Å². The van der Waals surface area contributed by atoms with Crippen molar-refractivity contribution >= 4 is 52.4 Å². The second-order valence-electron chi connectivity index (χ2n) is 12.9. The van der Waals surface area contributed by atoms with Crippen LogP contribution in [0.25, 0.3) is 11.1 Å². The number of nitrogens with two attached hydrogens (primary N) is 1. The monoisotopic (exact) mass is 821 g/mol. The summed E-state index contributed by atoms with van der Waals surface area (Å²) in [5.74, 6) is -2.03. The Hall–Kier alpha value is -5.60. The molecule has 1 aliphatic heterocycles. The molecule has 0 aromatic heterocycles. The van der Waals surface area contributed by atoms with Crippen molar-refractivity contribution in [2.75, 3.05) is 36.0 Å². The van der Waals surface area contributed by atoms with Gasteiger partial charge in [0.15, 0.2) is 5.75 Å². The zero-order chi connectivity index (χ0) is 41.0. The third kappa shape index (κ3) is 12.4. The zero-order valence-electron chi connectivity index (χ0n) is 30.6. The molecule has 1 saturated heterocycles. The van der Waals surface area contributed by atoms with Gasteiger partial charge in [0.05, 0.1) is 12.2 Å². The van der Waals surface area contributed by atoms with Crippen LogP contribution >= 0.6 is 23.2 Å². The van der Waals surface area contributed by atoms with Gasteiger partial charge in [0.2, 0.25) is 11.8 Å². The number of para-hydroxylation sites is 3. The first-order chi connectivity index (χ1) is 27.3. The average molecular weight is 823 g/mol. The number of carboxylic acid groups (broad SMARTS) is 1. The maximum absolute atomic E-state index is 14.0. The number of hydrogen-bond acceptors (Lipinski definition) is 7. The summed E-state index contributed by atoms with van der Waals surface area (Å²) in [5.41, 5.74) is 14.2. The van der Waals surface area contributed by atoms with E-state index >= 15 is 0 Å². The first-order valence-electron chi connectivity index (χ1n) is 17.9. The molecule has 0 atom stereocenters. The van der Waals surface area contributed by atoms with Gasteiger partial charge >= 0.3 is 12.1 Å². The molecule has 298 valence electrons. The van der Waals surface area contributed by atoms with Crippen LogP contribution in [0, 0.1) is 0 Å². The number of alkyl halides is 3. The van der Waals surface area contributed by atoms with Gasteiger partial charge in [-0.15, -0.1) is 0 Å². The quantitative estimate of drug-likeness (QED) is 0.114. The van der Waals surface area contributed by atoms with Crippen LogP contribution in [0.15, 0.2) is 121 Å². The lowest BCUT2D eigenvalue weighted by Gasteiger charge is -2.36. The van der Waals surface area contributed by atoms with Crippen molar-refractivity contribution in [2.24, 2.45) is 5.73 Å². The number of hydrogen-bond donors (Lipinski definition) is 3. The number of piperazine rings is 1. The van der Waals surface area contributed by atoms with Crippen LogP contribution in [0.2, 0.25) is 10.0 Å². The van der Waals surface area contributed by atoms with Crippen LogP contribution in [-0.2, 0) is 27.5 Å². The van der Waals surface area contributed by atoms with Gasteiger partial charge in [0.1, 0.15) is 5.75 Å². The standard InChI is InChI=1S/C40H39Cl2N5O3.C2HF3O2/c41-32-17-18-36(42)35(26-32)31-15-13-29(14-16-31)28-47(37-11-4-5-12-38(37)50-34-10-6-7-30(25-34)27-43)40(49)20-19-39(48)44-46-23-21-45(22-24-46)33-8-2-1-3-9-33;3-2(4,5)1(6)7/h1-18,25-26H,19-24,27-28,43H2,(H,44,48);(H,6,7). The number of rotatable bonds is 12. The third-order valence-corrected chi connectivity index (χ3v) is 9.41. The second kappa shape index (κ2) is 20.0. The number of benzene rings is 5. The highest BCUT2D eigenvalue weighted by atomic mass is 35.5. The van der Waals surface area contributed by atoms with Crippen LogP contribution in [0.4, 0.5) is 24.5 Å². The Bertz CT molecular complexity index is 2130. The summed E-state index contributed by atoms with van der Waals surface area (Å²) in [7, 11) is 0. The molecule has 2 amide bonds. The highest BCUT2D eigenvalue weighted by molar-refractivity contribution is 6.35. The molecule has 1 aliphatic rings. The van der Waals surface area contributed by atoms with Gasteiger partial charge in [-0.3, -0.25) is 15.0 Å². The topological polar surface area (TPSA) is 128 Å². The van der Waals surface area contributed by atoms with Gasteiger partial charge in [-0.1, -0.05) is 89.9 Å². The molecule has 1 fully saturated rings. The van der Waals surface area contributed by atoms with Gasteiger partial charge < -0.3 is 25.4 Å². The van der Waals surface area contributed by atoms with Crippen molar-refractivity contribution < 1.29 is 37.4 Å². The highest BCUT2D eigenvalue weighted by Crippen LogP contribution is 2.35. The molecule has 15 heteroatoms. The number of ether oxygens (including phenoxy) is 1. The summed E-state index contributed by atoms with van der Waals surface area (Å²) in [6, 6.07) is 38.4.